The van der Waals surface area contributed by atoms with Crippen molar-refractivity contribution in [3.05, 3.63) is 29.3 Å². The molecule has 2 unspecified atom stereocenters. The van der Waals surface area contributed by atoms with E-state index in [9.17, 15) is 4.79 Å². The average Bonchev–Trinajstić information content (AvgIpc) is 2.53. The predicted octanol–water partition coefficient (Wildman–Crippen LogP) is 3.88. The molecule has 1 fully saturated rings. The Kier molecular flexibility index (Phi) is 3.70. The van der Waals surface area contributed by atoms with Crippen molar-refractivity contribution < 1.29 is 14.3 Å². The van der Waals surface area contributed by atoms with Crippen molar-refractivity contribution in [3.8, 4) is 5.75 Å². The highest BCUT2D eigenvalue weighted by Gasteiger charge is 2.55. The van der Waals surface area contributed by atoms with Crippen LogP contribution in [0.1, 0.15) is 50.7 Å². The fraction of sp³-hybridized carbons (Fsp3) is 0.632. The molecular weight excluding hydrogens is 276 g/mol. The molecule has 0 amide bonds. The molecule has 0 aliphatic heterocycles. The van der Waals surface area contributed by atoms with Crippen LogP contribution in [0.2, 0.25) is 0 Å². The number of hydrogen-bond donors (Lipinski definition) is 0. The molecule has 1 aromatic carbocycles. The highest BCUT2D eigenvalue weighted by atomic mass is 16.5. The third-order valence-corrected chi connectivity index (χ3v) is 6.22. The number of fused-ring (bicyclic) bond motifs is 3. The molecule has 0 spiro atoms. The third kappa shape index (κ3) is 2.05. The standard InChI is InChI=1S/C19H26O3/c1-18-10-5-11-19(2,17(20)22-4)16(18)9-7-13-6-8-14(21-3)12-15(13)18/h6,8,12,16H,5,7,9-11H2,1-4H3/t16?,18-,19?/m1/s1. The molecule has 120 valence electrons. The Morgan fingerprint density at radius 3 is 2.68 bits per heavy atom. The van der Waals surface area contributed by atoms with Crippen molar-refractivity contribution in [3.63, 3.8) is 0 Å². The third-order valence-electron chi connectivity index (χ3n) is 6.22. The summed E-state index contributed by atoms with van der Waals surface area (Å²) in [7, 11) is 3.23. The molecule has 2 aliphatic rings. The number of hydrogen-bond acceptors (Lipinski definition) is 3. The summed E-state index contributed by atoms with van der Waals surface area (Å²) in [6.45, 7) is 4.43. The summed E-state index contributed by atoms with van der Waals surface area (Å²) in [5.74, 6) is 1.20. The lowest BCUT2D eigenvalue weighted by Gasteiger charge is -2.54. The zero-order valence-electron chi connectivity index (χ0n) is 14.1. The Balaban J connectivity index is 2.09. The van der Waals surface area contributed by atoms with Gasteiger partial charge in [0, 0.05) is 0 Å². The van der Waals surface area contributed by atoms with E-state index in [1.54, 1.807) is 7.11 Å². The van der Waals surface area contributed by atoms with Crippen molar-refractivity contribution in [1.82, 2.24) is 0 Å². The number of rotatable bonds is 2. The Bertz CT molecular complexity index is 594. The van der Waals surface area contributed by atoms with Gasteiger partial charge < -0.3 is 9.47 Å². The van der Waals surface area contributed by atoms with Crippen LogP contribution in [0.4, 0.5) is 0 Å². The largest absolute Gasteiger partial charge is 0.497 e. The molecule has 0 aromatic heterocycles. The number of carbonyl (C=O) groups excluding carboxylic acids is 1. The number of methoxy groups -OCH3 is 2. The number of aryl methyl sites for hydroxylation is 1. The highest BCUT2D eigenvalue weighted by Crippen LogP contribution is 2.57. The maximum absolute atomic E-state index is 12.5. The number of carbonyl (C=O) groups is 1. The minimum absolute atomic E-state index is 0.0311. The Morgan fingerprint density at radius 1 is 1.23 bits per heavy atom. The smallest absolute Gasteiger partial charge is 0.311 e. The summed E-state index contributed by atoms with van der Waals surface area (Å²) in [5.41, 5.74) is 2.44. The molecule has 3 heteroatoms. The molecular formula is C19H26O3. The normalized spacial score (nSPS) is 33.5. The second-order valence-electron chi connectivity index (χ2n) is 7.29. The molecule has 0 N–H and O–H groups in total. The maximum atomic E-state index is 12.5. The van der Waals surface area contributed by atoms with E-state index in [0.717, 1.165) is 37.9 Å². The van der Waals surface area contributed by atoms with E-state index in [4.69, 9.17) is 9.47 Å². The lowest BCUT2D eigenvalue weighted by atomic mass is 9.50. The fourth-order valence-electron chi connectivity index (χ4n) is 5.04. The summed E-state index contributed by atoms with van der Waals surface area (Å²) in [6.07, 6.45) is 5.21. The van der Waals surface area contributed by atoms with Gasteiger partial charge in [0.1, 0.15) is 5.75 Å². The van der Waals surface area contributed by atoms with E-state index in [0.29, 0.717) is 5.92 Å². The lowest BCUT2D eigenvalue weighted by molar-refractivity contribution is -0.161. The van der Waals surface area contributed by atoms with Crippen molar-refractivity contribution in [2.45, 2.75) is 51.4 Å². The maximum Gasteiger partial charge on any atom is 0.311 e. The molecule has 1 aromatic rings. The van der Waals surface area contributed by atoms with Crippen LogP contribution >= 0.6 is 0 Å². The Hall–Kier alpha value is -1.51. The van der Waals surface area contributed by atoms with Crippen LogP contribution in [0.5, 0.6) is 5.75 Å². The van der Waals surface area contributed by atoms with Crippen molar-refractivity contribution in [1.29, 1.82) is 0 Å². The Labute approximate surface area is 133 Å². The van der Waals surface area contributed by atoms with Crippen LogP contribution in [0, 0.1) is 11.3 Å². The van der Waals surface area contributed by atoms with Crippen LogP contribution in [0.15, 0.2) is 18.2 Å². The fourth-order valence-corrected chi connectivity index (χ4v) is 5.04. The van der Waals surface area contributed by atoms with E-state index in [1.807, 2.05) is 6.07 Å². The minimum Gasteiger partial charge on any atom is -0.497 e. The second kappa shape index (κ2) is 5.29. The van der Waals surface area contributed by atoms with Crippen molar-refractivity contribution in [2.75, 3.05) is 14.2 Å². The lowest BCUT2D eigenvalue weighted by Crippen LogP contribution is -2.52. The molecule has 3 rings (SSSR count). The highest BCUT2D eigenvalue weighted by molar-refractivity contribution is 5.77. The number of ether oxygens (including phenoxy) is 2. The topological polar surface area (TPSA) is 35.5 Å². The molecule has 0 radical (unpaired) electrons. The first-order chi connectivity index (χ1) is 10.5. The van der Waals surface area contributed by atoms with Crippen LogP contribution in [0.3, 0.4) is 0 Å². The van der Waals surface area contributed by atoms with E-state index in [2.05, 4.69) is 26.0 Å². The average molecular weight is 302 g/mol. The van der Waals surface area contributed by atoms with Gasteiger partial charge in [-0.15, -0.1) is 0 Å². The van der Waals surface area contributed by atoms with Gasteiger partial charge >= 0.3 is 5.97 Å². The van der Waals surface area contributed by atoms with Gasteiger partial charge in [-0.3, -0.25) is 4.79 Å². The SMILES string of the molecule is COC(=O)C1(C)CCC[C@]2(C)c3cc(OC)ccc3CCC12. The van der Waals surface area contributed by atoms with E-state index in [1.165, 1.54) is 18.2 Å². The first kappa shape index (κ1) is 15.4. The summed E-state index contributed by atoms with van der Waals surface area (Å²) < 4.78 is 10.6. The number of esters is 1. The van der Waals surface area contributed by atoms with Crippen LogP contribution in [-0.4, -0.2) is 20.2 Å². The molecule has 3 nitrogen and oxygen atoms in total. The van der Waals surface area contributed by atoms with Gasteiger partial charge in [-0.25, -0.2) is 0 Å². The minimum atomic E-state index is -0.373. The monoisotopic (exact) mass is 302 g/mol. The van der Waals surface area contributed by atoms with Crippen molar-refractivity contribution >= 4 is 5.97 Å². The van der Waals surface area contributed by atoms with Gasteiger partial charge in [-0.05, 0) is 67.2 Å². The first-order valence-corrected chi connectivity index (χ1v) is 8.21. The molecule has 0 bridgehead atoms. The van der Waals surface area contributed by atoms with Gasteiger partial charge in [-0.2, -0.15) is 0 Å². The molecule has 0 heterocycles. The molecule has 3 atom stereocenters. The first-order valence-electron chi connectivity index (χ1n) is 8.21. The van der Waals surface area contributed by atoms with Crippen molar-refractivity contribution in [2.24, 2.45) is 11.3 Å². The summed E-state index contributed by atoms with van der Waals surface area (Å²) in [4.78, 5) is 12.5. The van der Waals surface area contributed by atoms with Crippen LogP contribution in [-0.2, 0) is 21.4 Å². The zero-order chi connectivity index (χ0) is 16.0. The van der Waals surface area contributed by atoms with E-state index in [-0.39, 0.29) is 16.8 Å². The predicted molar refractivity (Wildman–Crippen MR) is 86.1 cm³/mol. The van der Waals surface area contributed by atoms with Gasteiger partial charge in [0.15, 0.2) is 0 Å². The van der Waals surface area contributed by atoms with Crippen LogP contribution < -0.4 is 4.74 Å². The van der Waals surface area contributed by atoms with Gasteiger partial charge in [0.2, 0.25) is 0 Å². The van der Waals surface area contributed by atoms with Gasteiger partial charge in [0.25, 0.3) is 0 Å². The molecule has 2 aliphatic carbocycles. The zero-order valence-corrected chi connectivity index (χ0v) is 14.1. The summed E-state index contributed by atoms with van der Waals surface area (Å²) >= 11 is 0. The second-order valence-corrected chi connectivity index (χ2v) is 7.29. The van der Waals surface area contributed by atoms with Crippen LogP contribution in [0.25, 0.3) is 0 Å². The molecule has 0 saturated heterocycles. The summed E-state index contributed by atoms with van der Waals surface area (Å²) in [5, 5.41) is 0. The van der Waals surface area contributed by atoms with E-state index >= 15 is 0 Å². The number of benzene rings is 1. The van der Waals surface area contributed by atoms with Gasteiger partial charge in [0.05, 0.1) is 19.6 Å². The molecule has 22 heavy (non-hydrogen) atoms. The van der Waals surface area contributed by atoms with Gasteiger partial charge in [-0.1, -0.05) is 19.4 Å². The quantitative estimate of drug-likeness (QED) is 0.778. The van der Waals surface area contributed by atoms with E-state index < -0.39 is 0 Å². The molecule has 1 saturated carbocycles. The Morgan fingerprint density at radius 2 is 2.00 bits per heavy atom. The summed E-state index contributed by atoms with van der Waals surface area (Å²) in [6, 6.07) is 6.43.